The van der Waals surface area contributed by atoms with E-state index in [1.807, 2.05) is 0 Å². The minimum atomic E-state index is -0.992. The van der Waals surface area contributed by atoms with Gasteiger partial charge in [-0.3, -0.25) is 4.79 Å². The summed E-state index contributed by atoms with van der Waals surface area (Å²) in [5.74, 6) is -1.24. The van der Waals surface area contributed by atoms with Gasteiger partial charge in [0.25, 0.3) is 5.79 Å². The summed E-state index contributed by atoms with van der Waals surface area (Å²) in [5.41, 5.74) is 0. The van der Waals surface area contributed by atoms with E-state index in [1.165, 1.54) is 70.6 Å². The molecule has 0 unspecified atom stereocenters. The summed E-state index contributed by atoms with van der Waals surface area (Å²) in [5, 5.41) is 8.99. The van der Waals surface area contributed by atoms with Gasteiger partial charge >= 0.3 is 5.97 Å². The smallest absolute Gasteiger partial charge is 0.308 e. The van der Waals surface area contributed by atoms with Crippen LogP contribution in [0.4, 0.5) is 0 Å². The van der Waals surface area contributed by atoms with Crippen molar-refractivity contribution in [3.8, 4) is 0 Å². The first-order chi connectivity index (χ1) is 11.2. The highest BCUT2D eigenvalue weighted by Gasteiger charge is 2.48. The zero-order valence-electron chi connectivity index (χ0n) is 15.0. The summed E-state index contributed by atoms with van der Waals surface area (Å²) in [6.45, 7) is 2.35. The van der Waals surface area contributed by atoms with Crippen LogP contribution < -0.4 is 0 Å². The molecule has 4 heteroatoms. The summed E-state index contributed by atoms with van der Waals surface area (Å²) in [4.78, 5) is 11.5. The number of ether oxygens (including phenoxy) is 2. The van der Waals surface area contributed by atoms with E-state index in [0.717, 1.165) is 12.8 Å². The lowest BCUT2D eigenvalue weighted by Gasteiger charge is -2.09. The number of hydrogen-bond donors (Lipinski definition) is 1. The molecule has 0 saturated carbocycles. The van der Waals surface area contributed by atoms with Gasteiger partial charge in [-0.05, 0) is 6.42 Å². The van der Waals surface area contributed by atoms with E-state index < -0.39 is 5.79 Å². The minimum absolute atomic E-state index is 0.239. The van der Waals surface area contributed by atoms with Gasteiger partial charge in [0.1, 0.15) is 13.2 Å². The standard InChI is InChI=1S/C19H36O4/c1-2-3-4-5-6-7-8-9-10-11-12-13-14-15-18(21)23-19(16-20)17-22-19/h20H,2-17H2,1H3/t19-/m0/s1. The molecule has 0 radical (unpaired) electrons. The van der Waals surface area contributed by atoms with Crippen molar-refractivity contribution in [3.05, 3.63) is 0 Å². The molecule has 0 bridgehead atoms. The maximum atomic E-state index is 11.5. The number of unbranched alkanes of at least 4 members (excludes halogenated alkanes) is 12. The molecule has 136 valence electrons. The molecule has 1 aliphatic heterocycles. The van der Waals surface area contributed by atoms with Crippen LogP contribution in [0.25, 0.3) is 0 Å². The molecule has 0 amide bonds. The second-order valence-electron chi connectivity index (χ2n) is 6.82. The van der Waals surface area contributed by atoms with Gasteiger partial charge in [0.05, 0.1) is 0 Å². The van der Waals surface area contributed by atoms with Gasteiger partial charge < -0.3 is 14.6 Å². The number of aliphatic hydroxyl groups is 1. The SMILES string of the molecule is CCCCCCCCCCCCCCCC(=O)O[C@@]1(CO)CO1. The van der Waals surface area contributed by atoms with Crippen molar-refractivity contribution in [2.75, 3.05) is 13.2 Å². The molecule has 0 aromatic carbocycles. The number of carbonyl (C=O) groups excluding carboxylic acids is 1. The van der Waals surface area contributed by atoms with Crippen LogP contribution >= 0.6 is 0 Å². The number of aliphatic hydroxyl groups excluding tert-OH is 1. The predicted octanol–water partition coefficient (Wildman–Crippen LogP) is 4.73. The van der Waals surface area contributed by atoms with Crippen molar-refractivity contribution in [1.82, 2.24) is 0 Å². The van der Waals surface area contributed by atoms with Crippen LogP contribution in [0.5, 0.6) is 0 Å². The lowest BCUT2D eigenvalue weighted by Crippen LogP contribution is -2.25. The summed E-state index contributed by atoms with van der Waals surface area (Å²) >= 11 is 0. The summed E-state index contributed by atoms with van der Waals surface area (Å²) in [6, 6.07) is 0. The monoisotopic (exact) mass is 328 g/mol. The van der Waals surface area contributed by atoms with Crippen molar-refractivity contribution in [3.63, 3.8) is 0 Å². The molecule has 0 aliphatic carbocycles. The van der Waals surface area contributed by atoms with E-state index in [9.17, 15) is 4.79 Å². The van der Waals surface area contributed by atoms with Gasteiger partial charge in [0.2, 0.25) is 0 Å². The van der Waals surface area contributed by atoms with Gasteiger partial charge in [-0.2, -0.15) is 0 Å². The fourth-order valence-electron chi connectivity index (χ4n) is 2.81. The molecule has 1 rings (SSSR count). The second-order valence-corrected chi connectivity index (χ2v) is 6.82. The Kier molecular flexibility index (Phi) is 11.3. The van der Waals surface area contributed by atoms with Crippen LogP contribution in [-0.4, -0.2) is 30.1 Å². The number of esters is 1. The lowest BCUT2D eigenvalue weighted by molar-refractivity contribution is -0.163. The van der Waals surface area contributed by atoms with E-state index in [-0.39, 0.29) is 12.6 Å². The van der Waals surface area contributed by atoms with E-state index in [0.29, 0.717) is 13.0 Å². The Morgan fingerprint density at radius 2 is 1.35 bits per heavy atom. The molecule has 23 heavy (non-hydrogen) atoms. The normalized spacial score (nSPS) is 19.7. The third kappa shape index (κ3) is 10.7. The largest absolute Gasteiger partial charge is 0.428 e. The molecule has 1 saturated heterocycles. The first kappa shape index (κ1) is 20.4. The van der Waals surface area contributed by atoms with Crippen LogP contribution in [0.15, 0.2) is 0 Å². The van der Waals surface area contributed by atoms with Gasteiger partial charge in [0, 0.05) is 6.42 Å². The van der Waals surface area contributed by atoms with Crippen molar-refractivity contribution in [2.45, 2.75) is 103 Å². The predicted molar refractivity (Wildman–Crippen MR) is 92.2 cm³/mol. The molecule has 1 aliphatic rings. The average molecular weight is 328 g/mol. The molecule has 4 nitrogen and oxygen atoms in total. The minimum Gasteiger partial charge on any atom is -0.428 e. The van der Waals surface area contributed by atoms with Gasteiger partial charge in [-0.25, -0.2) is 0 Å². The average Bonchev–Trinajstić information content (AvgIpc) is 3.32. The zero-order valence-corrected chi connectivity index (χ0v) is 15.0. The zero-order chi connectivity index (χ0) is 16.8. The third-order valence-corrected chi connectivity index (χ3v) is 4.49. The molecule has 0 aromatic rings. The van der Waals surface area contributed by atoms with Gasteiger partial charge in [0.15, 0.2) is 0 Å². The maximum absolute atomic E-state index is 11.5. The van der Waals surface area contributed by atoms with Crippen LogP contribution in [0.3, 0.4) is 0 Å². The third-order valence-electron chi connectivity index (χ3n) is 4.49. The Hall–Kier alpha value is -0.610. The molecule has 0 spiro atoms. The topological polar surface area (TPSA) is 59.1 Å². The van der Waals surface area contributed by atoms with E-state index >= 15 is 0 Å². The van der Waals surface area contributed by atoms with Crippen molar-refractivity contribution < 1.29 is 19.4 Å². The van der Waals surface area contributed by atoms with Crippen molar-refractivity contribution in [1.29, 1.82) is 0 Å². The highest BCUT2D eigenvalue weighted by Crippen LogP contribution is 2.28. The highest BCUT2D eigenvalue weighted by atomic mass is 16.8. The quantitative estimate of drug-likeness (QED) is 0.253. The molecule has 1 N–H and O–H groups in total. The number of rotatable bonds is 16. The Balaban J connectivity index is 1.75. The van der Waals surface area contributed by atoms with Crippen LogP contribution in [0, 0.1) is 0 Å². The Labute approximate surface area is 141 Å². The molecule has 1 atom stereocenters. The van der Waals surface area contributed by atoms with Crippen LogP contribution in [-0.2, 0) is 14.3 Å². The first-order valence-electron chi connectivity index (χ1n) is 9.69. The van der Waals surface area contributed by atoms with Crippen molar-refractivity contribution >= 4 is 5.97 Å². The lowest BCUT2D eigenvalue weighted by atomic mass is 10.0. The van der Waals surface area contributed by atoms with E-state index in [1.54, 1.807) is 0 Å². The number of hydrogen-bond acceptors (Lipinski definition) is 4. The van der Waals surface area contributed by atoms with Gasteiger partial charge in [-0.1, -0.05) is 84.0 Å². The van der Waals surface area contributed by atoms with E-state index in [2.05, 4.69) is 6.92 Å². The fourth-order valence-corrected chi connectivity index (χ4v) is 2.81. The van der Waals surface area contributed by atoms with Crippen molar-refractivity contribution in [2.24, 2.45) is 0 Å². The van der Waals surface area contributed by atoms with Gasteiger partial charge in [-0.15, -0.1) is 0 Å². The summed E-state index contributed by atoms with van der Waals surface area (Å²) in [6.07, 6.45) is 17.2. The fraction of sp³-hybridized carbons (Fsp3) is 0.947. The number of epoxide rings is 1. The Morgan fingerprint density at radius 1 is 0.913 bits per heavy atom. The Bertz CT molecular complexity index is 300. The highest BCUT2D eigenvalue weighted by molar-refractivity contribution is 5.69. The molecular weight excluding hydrogens is 292 g/mol. The van der Waals surface area contributed by atoms with Crippen LogP contribution in [0.2, 0.25) is 0 Å². The molecule has 1 fully saturated rings. The molecule has 0 aromatic heterocycles. The van der Waals surface area contributed by atoms with E-state index in [4.69, 9.17) is 14.6 Å². The number of carbonyl (C=O) groups is 1. The summed E-state index contributed by atoms with van der Waals surface area (Å²) < 4.78 is 10.0. The summed E-state index contributed by atoms with van der Waals surface area (Å²) in [7, 11) is 0. The molecular formula is C19H36O4. The first-order valence-corrected chi connectivity index (χ1v) is 9.69. The maximum Gasteiger partial charge on any atom is 0.308 e. The molecule has 1 heterocycles. The van der Waals surface area contributed by atoms with Crippen LogP contribution in [0.1, 0.15) is 96.8 Å². The Morgan fingerprint density at radius 3 is 1.74 bits per heavy atom. The second kappa shape index (κ2) is 12.8.